The summed E-state index contributed by atoms with van der Waals surface area (Å²) in [4.78, 5) is 32.5. The summed E-state index contributed by atoms with van der Waals surface area (Å²) in [5.41, 5.74) is 5.30. The highest BCUT2D eigenvalue weighted by molar-refractivity contribution is 5.96. The molecule has 0 spiro atoms. The van der Waals surface area contributed by atoms with Crippen molar-refractivity contribution in [3.05, 3.63) is 71.6 Å². The molecule has 0 aliphatic carbocycles. The van der Waals surface area contributed by atoms with Crippen molar-refractivity contribution >= 4 is 28.5 Å². The summed E-state index contributed by atoms with van der Waals surface area (Å²) in [6, 6.07) is 13.8. The first-order chi connectivity index (χ1) is 16.8. The molecule has 0 fully saturated rings. The Hall–Kier alpha value is -3.45. The molecule has 0 bridgehead atoms. The maximum atomic E-state index is 14.0. The number of hydrogen-bond donors (Lipinski definition) is 1. The Bertz CT molecular complexity index is 1210. The second-order valence-electron chi connectivity index (χ2n) is 8.89. The van der Waals surface area contributed by atoms with Crippen LogP contribution in [0.1, 0.15) is 37.7 Å². The third kappa shape index (κ3) is 5.98. The van der Waals surface area contributed by atoms with Crippen molar-refractivity contribution in [3.63, 3.8) is 0 Å². The Morgan fingerprint density at radius 3 is 2.63 bits per heavy atom. The van der Waals surface area contributed by atoms with Crippen LogP contribution < -0.4 is 10.2 Å². The van der Waals surface area contributed by atoms with Crippen LogP contribution in [0.2, 0.25) is 0 Å². The van der Waals surface area contributed by atoms with Crippen LogP contribution in [0.25, 0.3) is 11.0 Å². The van der Waals surface area contributed by atoms with Crippen molar-refractivity contribution in [1.29, 1.82) is 0 Å². The molecule has 186 valence electrons. The lowest BCUT2D eigenvalue weighted by atomic mass is 10.0. The molecule has 0 saturated carbocycles. The van der Waals surface area contributed by atoms with Gasteiger partial charge in [0.1, 0.15) is 12.4 Å². The van der Waals surface area contributed by atoms with Gasteiger partial charge in [-0.1, -0.05) is 43.8 Å². The molecule has 1 unspecified atom stereocenters. The number of hydrogen-bond acceptors (Lipinski definition) is 4. The normalized spacial score (nSPS) is 11.9. The number of ether oxygens (including phenoxy) is 1. The number of nitrogens with one attached hydrogen (secondary N) is 1. The zero-order chi connectivity index (χ0) is 25.5. The monoisotopic (exact) mass is 476 g/mol. The maximum Gasteiger partial charge on any atom is 0.247 e. The Morgan fingerprint density at radius 2 is 1.94 bits per heavy atom. The number of carbonyl (C=O) groups is 2. The van der Waals surface area contributed by atoms with Gasteiger partial charge in [0, 0.05) is 25.6 Å². The van der Waals surface area contributed by atoms with Crippen molar-refractivity contribution in [2.24, 2.45) is 0 Å². The van der Waals surface area contributed by atoms with Gasteiger partial charge in [-0.05, 0) is 50.5 Å². The molecule has 2 aromatic carbocycles. The van der Waals surface area contributed by atoms with Gasteiger partial charge in [0.15, 0.2) is 0 Å². The largest absolute Gasteiger partial charge is 0.383 e. The van der Waals surface area contributed by atoms with Gasteiger partial charge < -0.3 is 19.5 Å². The fraction of sp³-hybridized carbons (Fsp3) is 0.393. The fourth-order valence-electron chi connectivity index (χ4n) is 4.40. The maximum absolute atomic E-state index is 14.0. The topological polar surface area (TPSA) is 76.5 Å². The summed E-state index contributed by atoms with van der Waals surface area (Å²) in [7, 11) is 1.65. The average Bonchev–Trinajstić information content (AvgIpc) is 3.17. The van der Waals surface area contributed by atoms with Gasteiger partial charge in [-0.3, -0.25) is 9.59 Å². The number of anilines is 1. The lowest BCUT2D eigenvalue weighted by molar-refractivity contribution is -0.120. The van der Waals surface area contributed by atoms with E-state index in [0.29, 0.717) is 25.1 Å². The van der Waals surface area contributed by atoms with E-state index >= 15 is 0 Å². The van der Waals surface area contributed by atoms with Gasteiger partial charge in [0.05, 0.1) is 29.4 Å². The zero-order valence-electron chi connectivity index (χ0n) is 21.4. The van der Waals surface area contributed by atoms with Crippen LogP contribution in [0.4, 0.5) is 5.69 Å². The first-order valence-corrected chi connectivity index (χ1v) is 12.1. The van der Waals surface area contributed by atoms with Crippen LogP contribution in [-0.2, 0) is 33.7 Å². The van der Waals surface area contributed by atoms with Crippen LogP contribution in [-0.4, -0.2) is 47.7 Å². The van der Waals surface area contributed by atoms with Crippen molar-refractivity contribution in [2.75, 3.05) is 25.2 Å². The number of rotatable bonds is 11. The minimum absolute atomic E-state index is 0.0334. The Morgan fingerprint density at radius 1 is 1.20 bits per heavy atom. The number of methoxy groups -OCH3 is 1. The van der Waals surface area contributed by atoms with Gasteiger partial charge in [0.25, 0.3) is 0 Å². The van der Waals surface area contributed by atoms with Crippen LogP contribution in [0.15, 0.2) is 54.6 Å². The molecule has 3 rings (SSSR count). The summed E-state index contributed by atoms with van der Waals surface area (Å²) >= 11 is 0. The quantitative estimate of drug-likeness (QED) is 0.421. The van der Waals surface area contributed by atoms with E-state index in [1.807, 2.05) is 59.7 Å². The van der Waals surface area contributed by atoms with E-state index in [1.54, 1.807) is 14.0 Å². The third-order valence-corrected chi connectivity index (χ3v) is 6.11. The van der Waals surface area contributed by atoms with E-state index in [9.17, 15) is 9.59 Å². The lowest BCUT2D eigenvalue weighted by Gasteiger charge is -2.32. The predicted octanol–water partition coefficient (Wildman–Crippen LogP) is 4.21. The highest BCUT2D eigenvalue weighted by Gasteiger charge is 2.27. The number of fused-ring (bicyclic) bond motifs is 1. The molecule has 7 heteroatoms. The third-order valence-electron chi connectivity index (χ3n) is 6.11. The number of aryl methyl sites for hydroxylation is 2. The number of amides is 2. The molecule has 0 aliphatic heterocycles. The molecule has 0 aliphatic rings. The summed E-state index contributed by atoms with van der Waals surface area (Å²) in [5, 5.41) is 2.86. The first-order valence-electron chi connectivity index (χ1n) is 12.1. The van der Waals surface area contributed by atoms with Crippen LogP contribution in [0.5, 0.6) is 0 Å². The molecule has 35 heavy (non-hydrogen) atoms. The molecule has 0 saturated heterocycles. The Kier molecular flexibility index (Phi) is 8.82. The van der Waals surface area contributed by atoms with E-state index in [4.69, 9.17) is 9.72 Å². The predicted molar refractivity (Wildman–Crippen MR) is 141 cm³/mol. The van der Waals surface area contributed by atoms with Crippen LogP contribution >= 0.6 is 0 Å². The second kappa shape index (κ2) is 11.8. The number of carbonyl (C=O) groups excluding carboxylic acids is 2. The van der Waals surface area contributed by atoms with E-state index < -0.39 is 0 Å². The van der Waals surface area contributed by atoms with Crippen molar-refractivity contribution in [2.45, 2.75) is 53.1 Å². The highest BCUT2D eigenvalue weighted by Crippen LogP contribution is 2.29. The Balaban J connectivity index is 1.98. The smallest absolute Gasteiger partial charge is 0.247 e. The zero-order valence-corrected chi connectivity index (χ0v) is 21.4. The fourth-order valence-corrected chi connectivity index (χ4v) is 4.40. The molecular formula is C28H36N4O3. The number of para-hydroxylation sites is 3. The van der Waals surface area contributed by atoms with Crippen molar-refractivity contribution < 1.29 is 14.3 Å². The van der Waals surface area contributed by atoms with E-state index in [0.717, 1.165) is 40.1 Å². The summed E-state index contributed by atoms with van der Waals surface area (Å²) in [6.45, 7) is 12.5. The standard InChI is InChI=1S/C28H36N4O3/c1-7-22-12-10-11-20(4)27(22)32(21(5)18-35-6)26(33)17-31-24-14-9-8-13-23(24)30-25(31)15-16-29-28(34)19(2)3/h8-14,21H,2,7,15-18H2,1,3-6H3,(H,29,34). The molecular weight excluding hydrogens is 440 g/mol. The molecule has 7 nitrogen and oxygen atoms in total. The van der Waals surface area contributed by atoms with Crippen LogP contribution in [0.3, 0.4) is 0 Å². The summed E-state index contributed by atoms with van der Waals surface area (Å²) in [5.74, 6) is 0.533. The van der Waals surface area contributed by atoms with E-state index in [1.165, 1.54) is 0 Å². The summed E-state index contributed by atoms with van der Waals surface area (Å²) < 4.78 is 7.39. The minimum atomic E-state index is -0.185. The van der Waals surface area contributed by atoms with Gasteiger partial charge >= 0.3 is 0 Å². The molecule has 3 aromatic rings. The van der Waals surface area contributed by atoms with Gasteiger partial charge in [-0.2, -0.15) is 0 Å². The molecule has 1 heterocycles. The second-order valence-corrected chi connectivity index (χ2v) is 8.89. The van der Waals surface area contributed by atoms with Gasteiger partial charge in [-0.15, -0.1) is 0 Å². The minimum Gasteiger partial charge on any atom is -0.383 e. The number of nitrogens with zero attached hydrogens (tertiary/aromatic N) is 3. The van der Waals surface area contributed by atoms with Gasteiger partial charge in [0.2, 0.25) is 11.8 Å². The van der Waals surface area contributed by atoms with Crippen molar-refractivity contribution in [3.8, 4) is 0 Å². The summed E-state index contributed by atoms with van der Waals surface area (Å²) in [6.07, 6.45) is 1.32. The van der Waals surface area contributed by atoms with Crippen molar-refractivity contribution in [1.82, 2.24) is 14.9 Å². The lowest BCUT2D eigenvalue weighted by Crippen LogP contribution is -2.44. The van der Waals surface area contributed by atoms with Gasteiger partial charge in [-0.25, -0.2) is 4.98 Å². The Labute approximate surface area is 207 Å². The highest BCUT2D eigenvalue weighted by atomic mass is 16.5. The number of imidazole rings is 1. The number of aromatic nitrogens is 2. The molecule has 0 radical (unpaired) electrons. The first kappa shape index (κ1) is 26.2. The van der Waals surface area contributed by atoms with E-state index in [-0.39, 0.29) is 24.4 Å². The average molecular weight is 477 g/mol. The van der Waals surface area contributed by atoms with E-state index in [2.05, 4.69) is 24.9 Å². The molecule has 1 N–H and O–H groups in total. The molecule has 1 aromatic heterocycles. The SMILES string of the molecule is C=C(C)C(=O)NCCc1nc2ccccc2n1CC(=O)N(c1c(C)cccc1CC)C(C)COC. The number of benzene rings is 2. The molecule has 2 amide bonds. The van der Waals surface area contributed by atoms with Crippen LogP contribution in [0, 0.1) is 6.92 Å². The molecule has 1 atom stereocenters.